The van der Waals surface area contributed by atoms with E-state index in [0.29, 0.717) is 6.42 Å². The Hall–Kier alpha value is -0.620. The summed E-state index contributed by atoms with van der Waals surface area (Å²) in [6.45, 7) is 0. The molecule has 2 aliphatic rings. The third-order valence-corrected chi connectivity index (χ3v) is 4.82. The molecule has 2 aliphatic carbocycles. The van der Waals surface area contributed by atoms with Crippen molar-refractivity contribution >= 4 is 27.9 Å². The predicted octanol–water partition coefficient (Wildman–Crippen LogP) is 0.162. The van der Waals surface area contributed by atoms with Crippen molar-refractivity contribution < 1.29 is 24.9 Å². The van der Waals surface area contributed by atoms with E-state index in [1.54, 1.807) is 0 Å². The molecule has 0 aromatic carbocycles. The Labute approximate surface area is 94.2 Å². The summed E-state index contributed by atoms with van der Waals surface area (Å²) in [4.78, 5) is 21.7. The van der Waals surface area contributed by atoms with Crippen LogP contribution in [-0.2, 0) is 9.59 Å². The molecule has 0 aliphatic heterocycles. The number of carboxylic acid groups (broad SMARTS) is 2. The first-order chi connectivity index (χ1) is 6.95. The van der Waals surface area contributed by atoms with Crippen LogP contribution in [0.4, 0.5) is 0 Å². The zero-order valence-electron chi connectivity index (χ0n) is 7.71. The Bertz CT molecular complexity index is 288. The van der Waals surface area contributed by atoms with E-state index in [1.165, 1.54) is 0 Å². The molecule has 0 heterocycles. The molecule has 2 bridgehead atoms. The van der Waals surface area contributed by atoms with E-state index < -0.39 is 35.8 Å². The Morgan fingerprint density at radius 1 is 1.07 bits per heavy atom. The van der Waals surface area contributed by atoms with Crippen molar-refractivity contribution in [1.29, 1.82) is 0 Å². The molecule has 2 fully saturated rings. The first-order valence-corrected chi connectivity index (χ1v) is 5.64. The highest BCUT2D eigenvalue weighted by Crippen LogP contribution is 2.54. The number of fused-ring (bicyclic) bond motifs is 2. The molecule has 0 amide bonds. The fraction of sp³-hybridized carbons (Fsp3) is 0.778. The molecule has 84 valence electrons. The van der Waals surface area contributed by atoms with E-state index in [2.05, 4.69) is 15.9 Å². The summed E-state index contributed by atoms with van der Waals surface area (Å²) in [5.41, 5.74) is 0. The Kier molecular flexibility index (Phi) is 2.50. The van der Waals surface area contributed by atoms with Gasteiger partial charge in [0.15, 0.2) is 0 Å². The number of hydrogen-bond donors (Lipinski definition) is 3. The maximum Gasteiger partial charge on any atom is 0.307 e. The Morgan fingerprint density at radius 2 is 1.53 bits per heavy atom. The van der Waals surface area contributed by atoms with E-state index in [1.807, 2.05) is 0 Å². The normalized spacial score (nSPS) is 48.1. The first kappa shape index (κ1) is 10.9. The van der Waals surface area contributed by atoms with Crippen LogP contribution >= 0.6 is 15.9 Å². The number of aliphatic hydroxyl groups is 1. The van der Waals surface area contributed by atoms with E-state index >= 15 is 0 Å². The van der Waals surface area contributed by atoms with Gasteiger partial charge in [-0.2, -0.15) is 0 Å². The molecule has 5 nitrogen and oxygen atoms in total. The topological polar surface area (TPSA) is 94.8 Å². The van der Waals surface area contributed by atoms with Gasteiger partial charge in [0.05, 0.1) is 17.9 Å². The van der Waals surface area contributed by atoms with Crippen molar-refractivity contribution in [1.82, 2.24) is 0 Å². The van der Waals surface area contributed by atoms with Gasteiger partial charge in [0.25, 0.3) is 0 Å². The van der Waals surface area contributed by atoms with Crippen molar-refractivity contribution in [3.8, 4) is 0 Å². The smallest absolute Gasteiger partial charge is 0.307 e. The highest BCUT2D eigenvalue weighted by molar-refractivity contribution is 9.09. The van der Waals surface area contributed by atoms with E-state index in [-0.39, 0.29) is 10.7 Å². The van der Waals surface area contributed by atoms with E-state index in [4.69, 9.17) is 10.2 Å². The second-order valence-electron chi connectivity index (χ2n) is 4.23. The summed E-state index contributed by atoms with van der Waals surface area (Å²) in [6.07, 6.45) is -0.267. The van der Waals surface area contributed by atoms with Gasteiger partial charge in [0.1, 0.15) is 0 Å². The van der Waals surface area contributed by atoms with Gasteiger partial charge in [-0.25, -0.2) is 0 Å². The lowest BCUT2D eigenvalue weighted by molar-refractivity contribution is -0.158. The van der Waals surface area contributed by atoms with Crippen molar-refractivity contribution in [2.45, 2.75) is 17.4 Å². The van der Waals surface area contributed by atoms with Gasteiger partial charge in [-0.1, -0.05) is 15.9 Å². The monoisotopic (exact) mass is 278 g/mol. The Morgan fingerprint density at radius 3 is 2.00 bits per heavy atom. The average molecular weight is 279 g/mol. The van der Waals surface area contributed by atoms with Crippen LogP contribution in [0, 0.1) is 23.7 Å². The van der Waals surface area contributed by atoms with Gasteiger partial charge in [-0.05, 0) is 12.3 Å². The van der Waals surface area contributed by atoms with Crippen LogP contribution in [0.2, 0.25) is 0 Å². The molecule has 0 aromatic heterocycles. The molecule has 0 spiro atoms. The molecule has 0 unspecified atom stereocenters. The summed E-state index contributed by atoms with van der Waals surface area (Å²) >= 11 is 3.24. The summed E-state index contributed by atoms with van der Waals surface area (Å²) < 4.78 is 0. The predicted molar refractivity (Wildman–Crippen MR) is 52.6 cm³/mol. The molecular weight excluding hydrogens is 268 g/mol. The third kappa shape index (κ3) is 1.38. The summed E-state index contributed by atoms with van der Waals surface area (Å²) in [6, 6.07) is 0. The lowest BCUT2D eigenvalue weighted by atomic mass is 9.78. The molecule has 0 aromatic rings. The van der Waals surface area contributed by atoms with Gasteiger partial charge >= 0.3 is 11.9 Å². The van der Waals surface area contributed by atoms with Gasteiger partial charge < -0.3 is 15.3 Å². The van der Waals surface area contributed by atoms with Gasteiger partial charge in [-0.3, -0.25) is 9.59 Å². The minimum absolute atomic E-state index is 0.274. The number of alkyl halides is 1. The van der Waals surface area contributed by atoms with Crippen LogP contribution in [0.15, 0.2) is 0 Å². The number of aliphatic carboxylic acids is 2. The molecule has 6 heteroatoms. The maximum absolute atomic E-state index is 11.0. The zero-order valence-corrected chi connectivity index (χ0v) is 9.29. The second-order valence-corrected chi connectivity index (χ2v) is 5.28. The fourth-order valence-corrected chi connectivity index (χ4v) is 3.92. The zero-order chi connectivity index (χ0) is 11.3. The lowest BCUT2D eigenvalue weighted by Gasteiger charge is -2.31. The van der Waals surface area contributed by atoms with Crippen LogP contribution in [0.25, 0.3) is 0 Å². The Balaban J connectivity index is 2.32. The number of hydrogen-bond acceptors (Lipinski definition) is 3. The van der Waals surface area contributed by atoms with Crippen LogP contribution in [0.3, 0.4) is 0 Å². The molecule has 15 heavy (non-hydrogen) atoms. The van der Waals surface area contributed by atoms with Crippen molar-refractivity contribution in [3.05, 3.63) is 0 Å². The van der Waals surface area contributed by atoms with Crippen molar-refractivity contribution in [2.75, 3.05) is 0 Å². The van der Waals surface area contributed by atoms with Crippen LogP contribution < -0.4 is 0 Å². The SMILES string of the molecule is O=C(O)[C@@H]1[C@H]2C[C@H]([C@@H](O)[C@H]2Br)[C@@H]1C(=O)O. The summed E-state index contributed by atoms with van der Waals surface area (Å²) in [5.74, 6) is -4.72. The van der Waals surface area contributed by atoms with Gasteiger partial charge in [0.2, 0.25) is 0 Å². The molecule has 0 radical (unpaired) electrons. The number of carbonyl (C=O) groups is 2. The lowest BCUT2D eigenvalue weighted by Crippen LogP contribution is -2.45. The number of aliphatic hydroxyl groups excluding tert-OH is 1. The van der Waals surface area contributed by atoms with Crippen molar-refractivity contribution in [2.24, 2.45) is 23.7 Å². The van der Waals surface area contributed by atoms with Crippen LogP contribution in [0.1, 0.15) is 6.42 Å². The van der Waals surface area contributed by atoms with Gasteiger partial charge in [0, 0.05) is 10.7 Å². The van der Waals surface area contributed by atoms with Crippen LogP contribution in [-0.4, -0.2) is 38.2 Å². The molecule has 0 saturated heterocycles. The number of rotatable bonds is 2. The second kappa shape index (κ2) is 3.45. The molecule has 3 N–H and O–H groups in total. The minimum Gasteiger partial charge on any atom is -0.481 e. The quantitative estimate of drug-likeness (QED) is 0.626. The molecule has 6 atom stereocenters. The van der Waals surface area contributed by atoms with E-state index in [9.17, 15) is 14.7 Å². The van der Waals surface area contributed by atoms with E-state index in [0.717, 1.165) is 0 Å². The maximum atomic E-state index is 11.0. The highest BCUT2D eigenvalue weighted by atomic mass is 79.9. The largest absolute Gasteiger partial charge is 0.481 e. The third-order valence-electron chi connectivity index (χ3n) is 3.60. The minimum atomic E-state index is -1.12. The molecule has 2 saturated carbocycles. The summed E-state index contributed by atoms with van der Waals surface area (Å²) in [7, 11) is 0. The highest BCUT2D eigenvalue weighted by Gasteiger charge is 2.62. The van der Waals surface area contributed by atoms with Crippen LogP contribution in [0.5, 0.6) is 0 Å². The number of halogens is 1. The first-order valence-electron chi connectivity index (χ1n) is 4.73. The summed E-state index contributed by atoms with van der Waals surface area (Å²) in [5, 5.41) is 27.7. The van der Waals surface area contributed by atoms with Gasteiger partial charge in [-0.15, -0.1) is 0 Å². The van der Waals surface area contributed by atoms with Crippen molar-refractivity contribution in [3.63, 3.8) is 0 Å². The standard InChI is InChI=1S/C9H11BrO5/c10-6-2-1-3(7(6)11)5(9(14)15)4(2)8(12)13/h2-7,11H,1H2,(H,12,13)(H,14,15)/t2-,3+,4-,5+,6+,7-/m1/s1. The fourth-order valence-electron chi connectivity index (χ4n) is 2.98. The molecular formula is C9H11BrO5. The average Bonchev–Trinajstić information content (AvgIpc) is 2.64. The molecule has 2 rings (SSSR count). The number of carboxylic acids is 2.